The summed E-state index contributed by atoms with van der Waals surface area (Å²) in [5.74, 6) is -0.307. The van der Waals surface area contributed by atoms with Gasteiger partial charge in [-0.15, -0.1) is 0 Å². The maximum absolute atomic E-state index is 13.7. The minimum Gasteiger partial charge on any atom is -0.488 e. The number of nitrogen functional groups attached to an aromatic ring is 1. The van der Waals surface area contributed by atoms with E-state index in [0.717, 1.165) is 11.1 Å². The van der Waals surface area contributed by atoms with Crippen LogP contribution < -0.4 is 15.9 Å². The number of benzene rings is 2. The number of nitrogens with one attached hydrogen (secondary N) is 1. The van der Waals surface area contributed by atoms with E-state index in [1.54, 1.807) is 30.6 Å². The number of pyridine rings is 1. The molecule has 1 unspecified atom stereocenters. The Hall–Kier alpha value is -2.94. The van der Waals surface area contributed by atoms with Gasteiger partial charge in [0.1, 0.15) is 24.0 Å². The molecule has 0 radical (unpaired) electrons. The molecule has 2 aromatic carbocycles. The summed E-state index contributed by atoms with van der Waals surface area (Å²) in [5, 5.41) is 18.2. The fourth-order valence-electron chi connectivity index (χ4n) is 3.41. The first-order valence-corrected chi connectivity index (χ1v) is 9.61. The Bertz CT molecular complexity index is 1100. The fourth-order valence-corrected chi connectivity index (χ4v) is 3.60. The first-order chi connectivity index (χ1) is 14.4. The summed E-state index contributed by atoms with van der Waals surface area (Å²) >= 11 is 5.91. The van der Waals surface area contributed by atoms with Crippen molar-refractivity contribution >= 4 is 30.0 Å². The lowest BCUT2D eigenvalue weighted by molar-refractivity contribution is 0.167. The van der Waals surface area contributed by atoms with Gasteiger partial charge in [-0.05, 0) is 46.9 Å². The van der Waals surface area contributed by atoms with Crippen LogP contribution in [0.1, 0.15) is 28.4 Å². The van der Waals surface area contributed by atoms with Crippen LogP contribution in [0.4, 0.5) is 4.39 Å². The van der Waals surface area contributed by atoms with Crippen LogP contribution in [0.25, 0.3) is 0 Å². The molecule has 4 rings (SSSR count). The van der Waals surface area contributed by atoms with Gasteiger partial charge < -0.3 is 20.1 Å². The van der Waals surface area contributed by atoms with E-state index in [1.165, 1.54) is 12.1 Å². The SMILES string of the molecule is N=C(N)c1ccc(C2Cc3cc(Cl)c(F)cc3B(O)O2)cc1OCc1cccnc1. The average Bonchev–Trinajstić information content (AvgIpc) is 2.74. The molecule has 3 aromatic rings. The molecule has 30 heavy (non-hydrogen) atoms. The smallest absolute Gasteiger partial charge is 0.488 e. The first kappa shape index (κ1) is 20.3. The maximum atomic E-state index is 13.7. The van der Waals surface area contributed by atoms with Crippen molar-refractivity contribution in [1.82, 2.24) is 4.98 Å². The molecular weight excluding hydrogens is 408 g/mol. The third kappa shape index (κ3) is 4.16. The number of rotatable bonds is 5. The third-order valence-corrected chi connectivity index (χ3v) is 5.22. The highest BCUT2D eigenvalue weighted by Crippen LogP contribution is 2.32. The lowest BCUT2D eigenvalue weighted by Crippen LogP contribution is -2.42. The highest BCUT2D eigenvalue weighted by Gasteiger charge is 2.33. The molecule has 0 bridgehead atoms. The number of halogens is 2. The van der Waals surface area contributed by atoms with E-state index in [4.69, 9.17) is 32.1 Å². The zero-order valence-electron chi connectivity index (χ0n) is 15.8. The number of nitrogens with zero attached hydrogens (tertiary/aromatic N) is 1. The molecule has 1 aliphatic rings. The topological polar surface area (TPSA) is 101 Å². The molecule has 0 amide bonds. The molecule has 0 spiro atoms. The zero-order chi connectivity index (χ0) is 21.3. The van der Waals surface area contributed by atoms with Crippen molar-refractivity contribution in [3.05, 3.63) is 88.0 Å². The van der Waals surface area contributed by atoms with Crippen LogP contribution in [-0.4, -0.2) is 23.0 Å². The number of fused-ring (bicyclic) bond motifs is 1. The molecular formula is C21H18BClFN3O3. The zero-order valence-corrected chi connectivity index (χ0v) is 16.6. The Balaban J connectivity index is 1.62. The lowest BCUT2D eigenvalue weighted by Gasteiger charge is -2.28. The van der Waals surface area contributed by atoms with Gasteiger partial charge in [0, 0.05) is 24.4 Å². The van der Waals surface area contributed by atoms with Gasteiger partial charge in [-0.2, -0.15) is 0 Å². The first-order valence-electron chi connectivity index (χ1n) is 9.23. The van der Waals surface area contributed by atoms with E-state index in [-0.39, 0.29) is 17.5 Å². The molecule has 0 saturated carbocycles. The summed E-state index contributed by atoms with van der Waals surface area (Å²) in [6.07, 6.45) is 3.26. The van der Waals surface area contributed by atoms with Crippen LogP contribution in [0.3, 0.4) is 0 Å². The number of amidine groups is 1. The van der Waals surface area contributed by atoms with E-state index in [1.807, 2.05) is 12.1 Å². The maximum Gasteiger partial charge on any atom is 0.492 e. The van der Waals surface area contributed by atoms with Gasteiger partial charge in [0.25, 0.3) is 0 Å². The molecule has 1 atom stereocenters. The number of ether oxygens (including phenoxy) is 1. The van der Waals surface area contributed by atoms with E-state index in [0.29, 0.717) is 28.8 Å². The van der Waals surface area contributed by atoms with Crippen molar-refractivity contribution in [3.8, 4) is 5.75 Å². The van der Waals surface area contributed by atoms with Gasteiger partial charge in [0.2, 0.25) is 0 Å². The Labute approximate surface area is 178 Å². The lowest BCUT2D eigenvalue weighted by atomic mass is 9.71. The predicted octanol–water partition coefficient (Wildman–Crippen LogP) is 2.74. The van der Waals surface area contributed by atoms with Gasteiger partial charge in [0.05, 0.1) is 16.7 Å². The molecule has 2 heterocycles. The van der Waals surface area contributed by atoms with Gasteiger partial charge >= 0.3 is 7.12 Å². The summed E-state index contributed by atoms with van der Waals surface area (Å²) in [5.41, 5.74) is 8.81. The second-order valence-electron chi connectivity index (χ2n) is 6.97. The molecule has 0 fully saturated rings. The van der Waals surface area contributed by atoms with Crippen molar-refractivity contribution in [2.24, 2.45) is 5.73 Å². The Morgan fingerprint density at radius 2 is 2.20 bits per heavy atom. The number of hydrogen-bond donors (Lipinski definition) is 3. The van der Waals surface area contributed by atoms with Crippen LogP contribution in [0.5, 0.6) is 5.75 Å². The van der Waals surface area contributed by atoms with Crippen molar-refractivity contribution in [3.63, 3.8) is 0 Å². The van der Waals surface area contributed by atoms with E-state index >= 15 is 0 Å². The van der Waals surface area contributed by atoms with Crippen LogP contribution >= 0.6 is 11.6 Å². The Kier molecular flexibility index (Phi) is 5.72. The molecule has 1 aliphatic heterocycles. The van der Waals surface area contributed by atoms with Gasteiger partial charge in [0.15, 0.2) is 0 Å². The monoisotopic (exact) mass is 425 g/mol. The standard InChI is InChI=1S/C21H18BClFN3O3/c23-17-6-14-8-19(30-22(28)16(14)9-18(17)24)13-3-4-15(21(25)26)20(7-13)29-11-12-2-1-5-27-10-12/h1-7,9-10,19,28H,8,11H2,(H3,25,26). The second kappa shape index (κ2) is 8.43. The van der Waals surface area contributed by atoms with Gasteiger partial charge in [-0.3, -0.25) is 10.4 Å². The number of hydrogen-bond acceptors (Lipinski definition) is 5. The van der Waals surface area contributed by atoms with Crippen molar-refractivity contribution in [2.75, 3.05) is 0 Å². The summed E-state index contributed by atoms with van der Waals surface area (Å²) in [7, 11) is -1.28. The van der Waals surface area contributed by atoms with E-state index in [2.05, 4.69) is 4.98 Å². The van der Waals surface area contributed by atoms with Crippen molar-refractivity contribution in [1.29, 1.82) is 5.41 Å². The highest BCUT2D eigenvalue weighted by molar-refractivity contribution is 6.61. The van der Waals surface area contributed by atoms with Crippen LogP contribution in [0.2, 0.25) is 5.02 Å². The fraction of sp³-hybridized carbons (Fsp3) is 0.143. The number of nitrogens with two attached hydrogens (primary N) is 1. The van der Waals surface area contributed by atoms with Crippen molar-refractivity contribution in [2.45, 2.75) is 19.1 Å². The van der Waals surface area contributed by atoms with Gasteiger partial charge in [-0.25, -0.2) is 4.39 Å². The van der Waals surface area contributed by atoms with Crippen LogP contribution in [0.15, 0.2) is 54.9 Å². The third-order valence-electron chi connectivity index (χ3n) is 4.93. The molecule has 9 heteroatoms. The summed E-state index contributed by atoms with van der Waals surface area (Å²) in [6.45, 7) is 0.253. The minimum atomic E-state index is -1.28. The Morgan fingerprint density at radius 3 is 2.93 bits per heavy atom. The molecule has 0 saturated heterocycles. The van der Waals surface area contributed by atoms with Crippen LogP contribution in [0, 0.1) is 11.2 Å². The Morgan fingerprint density at radius 1 is 1.37 bits per heavy atom. The second-order valence-corrected chi connectivity index (χ2v) is 7.37. The summed E-state index contributed by atoms with van der Waals surface area (Å²) in [4.78, 5) is 4.06. The van der Waals surface area contributed by atoms with Gasteiger partial charge in [-0.1, -0.05) is 23.7 Å². The molecule has 4 N–H and O–H groups in total. The minimum absolute atomic E-state index is 0.00554. The quantitative estimate of drug-likeness (QED) is 0.331. The predicted molar refractivity (Wildman–Crippen MR) is 113 cm³/mol. The molecule has 6 nitrogen and oxygen atoms in total. The summed E-state index contributed by atoms with van der Waals surface area (Å²) in [6, 6.07) is 11.6. The van der Waals surface area contributed by atoms with Crippen molar-refractivity contribution < 1.29 is 18.8 Å². The normalized spacial score (nSPS) is 15.6. The van der Waals surface area contributed by atoms with E-state index in [9.17, 15) is 9.41 Å². The van der Waals surface area contributed by atoms with E-state index < -0.39 is 19.0 Å². The number of aromatic nitrogens is 1. The summed E-state index contributed by atoms with van der Waals surface area (Å²) < 4.78 is 25.4. The molecule has 152 valence electrons. The van der Waals surface area contributed by atoms with Crippen LogP contribution in [-0.2, 0) is 17.7 Å². The largest absolute Gasteiger partial charge is 0.492 e. The highest BCUT2D eigenvalue weighted by atomic mass is 35.5. The molecule has 1 aromatic heterocycles. The molecule has 0 aliphatic carbocycles. The average molecular weight is 426 g/mol.